The van der Waals surface area contributed by atoms with Crippen LogP contribution in [0.1, 0.15) is 17.3 Å². The lowest BCUT2D eigenvalue weighted by molar-refractivity contribution is 0.0910. The molecule has 7 heteroatoms. The molecule has 0 saturated heterocycles. The monoisotopic (exact) mass is 286 g/mol. The third kappa shape index (κ3) is 5.48. The first-order chi connectivity index (χ1) is 9.02. The number of ether oxygens (including phenoxy) is 2. The van der Waals surface area contributed by atoms with Crippen LogP contribution in [-0.4, -0.2) is 31.1 Å². The zero-order chi connectivity index (χ0) is 14.3. The molecular weight excluding hydrogens is 272 g/mol. The van der Waals surface area contributed by atoms with Gasteiger partial charge in [-0.15, -0.1) is 11.6 Å². The second-order valence-electron chi connectivity index (χ2n) is 3.69. The van der Waals surface area contributed by atoms with Crippen LogP contribution in [0.5, 0.6) is 5.75 Å². The third-order valence-corrected chi connectivity index (χ3v) is 2.20. The van der Waals surface area contributed by atoms with Gasteiger partial charge in [0.2, 0.25) is 0 Å². The first kappa shape index (κ1) is 15.1. The van der Waals surface area contributed by atoms with Crippen LogP contribution in [0.2, 0.25) is 0 Å². The van der Waals surface area contributed by atoms with E-state index < -0.39 is 12.0 Å². The average Bonchev–Trinajstić information content (AvgIpc) is 2.42. The molecule has 1 atom stereocenters. The number of halogens is 1. The molecule has 19 heavy (non-hydrogen) atoms. The highest BCUT2D eigenvalue weighted by Gasteiger charge is 2.08. The third-order valence-electron chi connectivity index (χ3n) is 2.07. The molecule has 0 bridgehead atoms. The van der Waals surface area contributed by atoms with Crippen molar-refractivity contribution < 1.29 is 19.1 Å². The van der Waals surface area contributed by atoms with Crippen molar-refractivity contribution in [3.8, 4) is 5.75 Å². The molecule has 104 valence electrons. The second kappa shape index (κ2) is 7.48. The van der Waals surface area contributed by atoms with Gasteiger partial charge in [0.1, 0.15) is 12.4 Å². The number of carbonyl (C=O) groups is 2. The van der Waals surface area contributed by atoms with Crippen LogP contribution >= 0.6 is 11.6 Å². The molecule has 6 nitrogen and oxygen atoms in total. The van der Waals surface area contributed by atoms with Crippen LogP contribution < -0.4 is 15.6 Å². The van der Waals surface area contributed by atoms with Crippen LogP contribution in [0.15, 0.2) is 24.3 Å². The van der Waals surface area contributed by atoms with Crippen LogP contribution in [0.4, 0.5) is 4.79 Å². The maximum absolute atomic E-state index is 11.6. The van der Waals surface area contributed by atoms with E-state index in [0.717, 1.165) is 0 Å². The van der Waals surface area contributed by atoms with E-state index in [-0.39, 0.29) is 12.0 Å². The van der Waals surface area contributed by atoms with E-state index in [0.29, 0.717) is 11.3 Å². The Labute approximate surface area is 116 Å². The number of hydrazine groups is 1. The fraction of sp³-hybridized carbons (Fsp3) is 0.333. The zero-order valence-corrected chi connectivity index (χ0v) is 11.4. The summed E-state index contributed by atoms with van der Waals surface area (Å²) in [7, 11) is 1.53. The fourth-order valence-corrected chi connectivity index (χ4v) is 1.21. The Balaban J connectivity index is 2.40. The summed E-state index contributed by atoms with van der Waals surface area (Å²) < 4.78 is 9.68. The topological polar surface area (TPSA) is 76.7 Å². The molecule has 0 fully saturated rings. The van der Waals surface area contributed by atoms with Crippen molar-refractivity contribution in [2.45, 2.75) is 12.3 Å². The Morgan fingerprint density at radius 2 is 1.89 bits per heavy atom. The lowest BCUT2D eigenvalue weighted by Gasteiger charge is -2.09. The van der Waals surface area contributed by atoms with Crippen molar-refractivity contribution >= 4 is 23.6 Å². The van der Waals surface area contributed by atoms with E-state index >= 15 is 0 Å². The number of methoxy groups -OCH3 is 1. The molecule has 0 aliphatic carbocycles. The van der Waals surface area contributed by atoms with E-state index in [9.17, 15) is 9.59 Å². The maximum Gasteiger partial charge on any atom is 0.426 e. The average molecular weight is 287 g/mol. The molecule has 0 heterocycles. The highest BCUT2D eigenvalue weighted by molar-refractivity contribution is 6.20. The summed E-state index contributed by atoms with van der Waals surface area (Å²) in [4.78, 5) is 22.8. The van der Waals surface area contributed by atoms with Crippen molar-refractivity contribution in [1.82, 2.24) is 10.9 Å². The van der Waals surface area contributed by atoms with E-state index in [2.05, 4.69) is 10.9 Å². The highest BCUT2D eigenvalue weighted by Crippen LogP contribution is 2.10. The Kier molecular flexibility index (Phi) is 5.95. The molecule has 0 aliphatic heterocycles. The van der Waals surface area contributed by atoms with Gasteiger partial charge in [0.15, 0.2) is 0 Å². The Morgan fingerprint density at radius 3 is 2.42 bits per heavy atom. The van der Waals surface area contributed by atoms with Gasteiger partial charge in [-0.2, -0.15) is 0 Å². The summed E-state index contributed by atoms with van der Waals surface area (Å²) in [5.41, 5.74) is 4.71. The number of rotatable bonds is 4. The van der Waals surface area contributed by atoms with Crippen LogP contribution in [0.25, 0.3) is 0 Å². The Bertz CT molecular complexity index is 434. The summed E-state index contributed by atoms with van der Waals surface area (Å²) in [5.74, 6) is 0.179. The van der Waals surface area contributed by atoms with Crippen molar-refractivity contribution in [1.29, 1.82) is 0 Å². The number of amides is 2. The fourth-order valence-electron chi connectivity index (χ4n) is 1.15. The summed E-state index contributed by atoms with van der Waals surface area (Å²) in [6.45, 7) is 1.75. The minimum atomic E-state index is -0.769. The van der Waals surface area contributed by atoms with Crippen LogP contribution in [0.3, 0.4) is 0 Å². The molecular formula is C12H15ClN2O4. The predicted octanol–water partition coefficient (Wildman–Crippen LogP) is 1.69. The normalized spacial score (nSPS) is 11.3. The van der Waals surface area contributed by atoms with Gasteiger partial charge in [0.05, 0.1) is 12.5 Å². The van der Waals surface area contributed by atoms with E-state index in [1.54, 1.807) is 31.2 Å². The number of benzene rings is 1. The van der Waals surface area contributed by atoms with Crippen molar-refractivity contribution in [2.75, 3.05) is 13.7 Å². The standard InChI is InChI=1S/C12H15ClN2O4/c1-8(13)7-19-12(17)15-14-11(16)9-3-5-10(18-2)6-4-9/h3-6,8H,7H2,1-2H3,(H,14,16)(H,15,17). The minimum Gasteiger partial charge on any atom is -0.497 e. The summed E-state index contributed by atoms with van der Waals surface area (Å²) in [6, 6.07) is 6.43. The molecule has 1 rings (SSSR count). The molecule has 2 amide bonds. The van der Waals surface area contributed by atoms with E-state index in [1.165, 1.54) is 7.11 Å². The van der Waals surface area contributed by atoms with Gasteiger partial charge in [-0.25, -0.2) is 10.2 Å². The van der Waals surface area contributed by atoms with Gasteiger partial charge < -0.3 is 9.47 Å². The first-order valence-corrected chi connectivity index (χ1v) is 5.98. The maximum atomic E-state index is 11.6. The number of carbonyl (C=O) groups excluding carboxylic acids is 2. The highest BCUT2D eigenvalue weighted by atomic mass is 35.5. The van der Waals surface area contributed by atoms with E-state index in [1.807, 2.05) is 0 Å². The quantitative estimate of drug-likeness (QED) is 0.652. The smallest absolute Gasteiger partial charge is 0.426 e. The summed E-state index contributed by atoms with van der Waals surface area (Å²) in [6.07, 6.45) is -0.769. The molecule has 1 aromatic carbocycles. The van der Waals surface area contributed by atoms with E-state index in [4.69, 9.17) is 21.1 Å². The van der Waals surface area contributed by atoms with Gasteiger partial charge in [-0.3, -0.25) is 10.2 Å². The van der Waals surface area contributed by atoms with Crippen LogP contribution in [-0.2, 0) is 4.74 Å². The number of hydrogen-bond donors (Lipinski definition) is 2. The minimum absolute atomic E-state index is 0.0613. The lowest BCUT2D eigenvalue weighted by Crippen LogP contribution is -2.42. The number of alkyl halides is 1. The predicted molar refractivity (Wildman–Crippen MR) is 70.3 cm³/mol. The van der Waals surface area contributed by atoms with Gasteiger partial charge in [-0.05, 0) is 31.2 Å². The number of hydrogen-bond acceptors (Lipinski definition) is 4. The van der Waals surface area contributed by atoms with Gasteiger partial charge in [0, 0.05) is 5.56 Å². The van der Waals surface area contributed by atoms with Gasteiger partial charge in [-0.1, -0.05) is 0 Å². The van der Waals surface area contributed by atoms with Crippen molar-refractivity contribution in [3.05, 3.63) is 29.8 Å². The largest absolute Gasteiger partial charge is 0.497 e. The second-order valence-corrected chi connectivity index (χ2v) is 4.43. The summed E-state index contributed by atoms with van der Waals surface area (Å²) in [5, 5.41) is -0.289. The molecule has 1 unspecified atom stereocenters. The zero-order valence-electron chi connectivity index (χ0n) is 10.6. The molecule has 2 N–H and O–H groups in total. The van der Waals surface area contributed by atoms with Crippen LogP contribution in [0, 0.1) is 0 Å². The molecule has 1 aromatic rings. The SMILES string of the molecule is COc1ccc(C(=O)NNC(=O)OCC(C)Cl)cc1. The Hall–Kier alpha value is -1.95. The molecule has 0 spiro atoms. The lowest BCUT2D eigenvalue weighted by atomic mass is 10.2. The molecule has 0 radical (unpaired) electrons. The van der Waals surface area contributed by atoms with Crippen molar-refractivity contribution in [2.24, 2.45) is 0 Å². The van der Waals surface area contributed by atoms with Gasteiger partial charge >= 0.3 is 6.09 Å². The Morgan fingerprint density at radius 1 is 1.26 bits per heavy atom. The number of nitrogens with one attached hydrogen (secondary N) is 2. The molecule has 0 saturated carbocycles. The molecule has 0 aromatic heterocycles. The van der Waals surface area contributed by atoms with Crippen molar-refractivity contribution in [3.63, 3.8) is 0 Å². The molecule has 0 aliphatic rings. The summed E-state index contributed by atoms with van der Waals surface area (Å²) >= 11 is 5.60. The first-order valence-electron chi connectivity index (χ1n) is 5.54. The van der Waals surface area contributed by atoms with Gasteiger partial charge in [0.25, 0.3) is 5.91 Å².